The zero-order valence-corrected chi connectivity index (χ0v) is 35.8. The first kappa shape index (κ1) is 36.8. The van der Waals surface area contributed by atoms with Gasteiger partial charge in [0.2, 0.25) is 0 Å². The Hall–Kier alpha value is -7.84. The van der Waals surface area contributed by atoms with Crippen LogP contribution in [0.3, 0.4) is 0 Å². The van der Waals surface area contributed by atoms with Gasteiger partial charge in [0.15, 0.2) is 17.5 Å². The molecule has 4 heterocycles. The summed E-state index contributed by atoms with van der Waals surface area (Å²) >= 11 is 3.60. The molecule has 0 spiro atoms. The maximum atomic E-state index is 6.55. The minimum Gasteiger partial charge on any atom is -0.456 e. The number of para-hydroxylation sites is 1. The maximum Gasteiger partial charge on any atom is 0.165 e. The van der Waals surface area contributed by atoms with Gasteiger partial charge in [-0.1, -0.05) is 151 Å². The Morgan fingerprint density at radius 2 is 1.02 bits per heavy atom. The highest BCUT2D eigenvalue weighted by Crippen LogP contribution is 2.52. The third-order valence-electron chi connectivity index (χ3n) is 12.1. The van der Waals surface area contributed by atoms with E-state index in [0.717, 1.165) is 60.1 Å². The van der Waals surface area contributed by atoms with E-state index in [0.29, 0.717) is 17.5 Å². The third-order valence-corrected chi connectivity index (χ3v) is 14.5. The number of benzene rings is 9. The number of furan rings is 1. The molecule has 7 heteroatoms. The Morgan fingerprint density at radius 3 is 1.88 bits per heavy atom. The molecule has 0 amide bonds. The summed E-state index contributed by atoms with van der Waals surface area (Å²) in [6.07, 6.45) is 0. The fourth-order valence-electron chi connectivity index (χ4n) is 9.10. The van der Waals surface area contributed by atoms with Gasteiger partial charge in [0.05, 0.1) is 11.4 Å². The SMILES string of the molecule is c1ccc(-c2ccc3c(c2)Sc2ccccc2N3c2ccc(-c3ccc4oc5cccc(-c6nc(-c7ccccc7)nc(-c7cccc8c7sc7ccccc78)n6)c5c4c3)cc2)cc1. The standard InChI is InChI=1S/C57H34N4OS2/c1-3-13-35(14-4-1)39-27-31-47-52(34-39)63-51-24-10-8-21-46(51)61(47)40-29-25-36(26-30-40)38-28-32-48-45(33-38)53-43(19-12-22-49(53)62-48)56-58-55(37-15-5-2-6-16-37)59-57(60-56)44-20-11-18-42-41-17-7-9-23-50(41)64-54(42)44/h1-34H. The van der Waals surface area contributed by atoms with Gasteiger partial charge in [-0.15, -0.1) is 11.3 Å². The zero-order valence-electron chi connectivity index (χ0n) is 34.1. The van der Waals surface area contributed by atoms with E-state index in [-0.39, 0.29) is 0 Å². The Bertz CT molecular complexity index is 3770. The van der Waals surface area contributed by atoms with E-state index < -0.39 is 0 Å². The number of aromatic nitrogens is 3. The van der Waals surface area contributed by atoms with Crippen LogP contribution in [0, 0.1) is 0 Å². The summed E-state index contributed by atoms with van der Waals surface area (Å²) in [6.45, 7) is 0. The summed E-state index contributed by atoms with van der Waals surface area (Å²) in [6, 6.07) is 72.7. The van der Waals surface area contributed by atoms with Gasteiger partial charge >= 0.3 is 0 Å². The average molecular weight is 855 g/mol. The largest absolute Gasteiger partial charge is 0.456 e. The molecule has 0 bridgehead atoms. The fraction of sp³-hybridized carbons (Fsp3) is 0. The van der Waals surface area contributed by atoms with Crippen LogP contribution in [0.1, 0.15) is 0 Å². The van der Waals surface area contributed by atoms with Crippen molar-refractivity contribution in [3.05, 3.63) is 206 Å². The first-order chi connectivity index (χ1) is 31.7. The van der Waals surface area contributed by atoms with E-state index in [4.69, 9.17) is 19.4 Å². The van der Waals surface area contributed by atoms with Crippen molar-refractivity contribution in [1.82, 2.24) is 15.0 Å². The average Bonchev–Trinajstić information content (AvgIpc) is 3.94. The summed E-state index contributed by atoms with van der Waals surface area (Å²) in [5.41, 5.74) is 12.5. The van der Waals surface area contributed by atoms with Crippen molar-refractivity contribution < 1.29 is 4.42 Å². The van der Waals surface area contributed by atoms with Crippen LogP contribution in [0.2, 0.25) is 0 Å². The van der Waals surface area contributed by atoms with Crippen LogP contribution in [-0.2, 0) is 0 Å². The molecule has 0 radical (unpaired) electrons. The number of rotatable bonds is 6. The van der Waals surface area contributed by atoms with E-state index in [2.05, 4.69) is 181 Å². The second-order valence-electron chi connectivity index (χ2n) is 15.9. The first-order valence-electron chi connectivity index (χ1n) is 21.2. The van der Waals surface area contributed by atoms with E-state index in [9.17, 15) is 0 Å². The van der Waals surface area contributed by atoms with Gasteiger partial charge in [-0.2, -0.15) is 0 Å². The highest BCUT2D eigenvalue weighted by atomic mass is 32.2. The van der Waals surface area contributed by atoms with Crippen LogP contribution in [0.4, 0.5) is 17.1 Å². The van der Waals surface area contributed by atoms with Crippen molar-refractivity contribution in [3.63, 3.8) is 0 Å². The van der Waals surface area contributed by atoms with Crippen LogP contribution < -0.4 is 4.90 Å². The predicted molar refractivity (Wildman–Crippen MR) is 266 cm³/mol. The first-order valence-corrected chi connectivity index (χ1v) is 22.9. The molecule has 9 aromatic carbocycles. The van der Waals surface area contributed by atoms with Crippen molar-refractivity contribution in [2.75, 3.05) is 4.90 Å². The number of anilines is 3. The van der Waals surface area contributed by atoms with Crippen LogP contribution >= 0.6 is 23.1 Å². The quantitative estimate of drug-likeness (QED) is 0.166. The molecule has 0 N–H and O–H groups in total. The molecule has 0 saturated heterocycles. The lowest BCUT2D eigenvalue weighted by Gasteiger charge is -2.33. The minimum atomic E-state index is 0.598. The van der Waals surface area contributed by atoms with Crippen LogP contribution in [0.25, 0.3) is 98.5 Å². The predicted octanol–water partition coefficient (Wildman–Crippen LogP) is 16.4. The van der Waals surface area contributed by atoms with Gasteiger partial charge in [0.25, 0.3) is 0 Å². The lowest BCUT2D eigenvalue weighted by Crippen LogP contribution is -2.14. The minimum absolute atomic E-state index is 0.598. The molecular formula is C57H34N4OS2. The topological polar surface area (TPSA) is 55.1 Å². The number of fused-ring (bicyclic) bond motifs is 8. The highest BCUT2D eigenvalue weighted by molar-refractivity contribution is 7.99. The molecular weight excluding hydrogens is 821 g/mol. The van der Waals surface area contributed by atoms with E-state index in [1.165, 1.54) is 47.8 Å². The number of hydrogen-bond donors (Lipinski definition) is 0. The van der Waals surface area contributed by atoms with Gasteiger partial charge in [-0.25, -0.2) is 15.0 Å². The lowest BCUT2D eigenvalue weighted by atomic mass is 10.00. The maximum absolute atomic E-state index is 6.55. The molecule has 0 atom stereocenters. The normalized spacial score (nSPS) is 12.3. The fourth-order valence-corrected chi connectivity index (χ4v) is 11.4. The van der Waals surface area contributed by atoms with Crippen LogP contribution in [-0.4, -0.2) is 15.0 Å². The Morgan fingerprint density at radius 1 is 0.391 bits per heavy atom. The van der Waals surface area contributed by atoms with Gasteiger partial charge in [-0.05, 0) is 89.0 Å². The van der Waals surface area contributed by atoms with Crippen molar-refractivity contribution in [3.8, 4) is 56.4 Å². The molecule has 0 fully saturated rings. The molecule has 3 aromatic heterocycles. The van der Waals surface area contributed by atoms with E-state index in [1.54, 1.807) is 11.3 Å². The van der Waals surface area contributed by atoms with Gasteiger partial charge in [0, 0.05) is 63.1 Å². The molecule has 1 aliphatic heterocycles. The molecule has 12 aromatic rings. The lowest BCUT2D eigenvalue weighted by molar-refractivity contribution is 0.669. The molecule has 64 heavy (non-hydrogen) atoms. The Balaban J connectivity index is 0.917. The van der Waals surface area contributed by atoms with Gasteiger partial charge in [0.1, 0.15) is 11.2 Å². The zero-order chi connectivity index (χ0) is 42.1. The van der Waals surface area contributed by atoms with Crippen molar-refractivity contribution in [1.29, 1.82) is 0 Å². The number of hydrogen-bond acceptors (Lipinski definition) is 7. The molecule has 0 unspecified atom stereocenters. The van der Waals surface area contributed by atoms with Crippen LogP contribution in [0.15, 0.2) is 220 Å². The van der Waals surface area contributed by atoms with Crippen molar-refractivity contribution in [2.45, 2.75) is 9.79 Å². The van der Waals surface area contributed by atoms with Gasteiger partial charge < -0.3 is 9.32 Å². The summed E-state index contributed by atoms with van der Waals surface area (Å²) < 4.78 is 8.95. The van der Waals surface area contributed by atoms with Crippen molar-refractivity contribution >= 4 is 82.3 Å². The van der Waals surface area contributed by atoms with E-state index in [1.807, 2.05) is 42.1 Å². The second kappa shape index (κ2) is 14.9. The van der Waals surface area contributed by atoms with Crippen LogP contribution in [0.5, 0.6) is 0 Å². The molecule has 0 aliphatic carbocycles. The van der Waals surface area contributed by atoms with Crippen molar-refractivity contribution in [2.24, 2.45) is 0 Å². The smallest absolute Gasteiger partial charge is 0.165 e. The highest BCUT2D eigenvalue weighted by Gasteiger charge is 2.26. The monoisotopic (exact) mass is 854 g/mol. The number of nitrogens with zero attached hydrogens (tertiary/aromatic N) is 4. The molecule has 300 valence electrons. The van der Waals surface area contributed by atoms with Gasteiger partial charge in [-0.3, -0.25) is 0 Å². The molecule has 13 rings (SSSR count). The molecule has 5 nitrogen and oxygen atoms in total. The Kier molecular flexibility index (Phi) is 8.57. The molecule has 1 aliphatic rings. The summed E-state index contributed by atoms with van der Waals surface area (Å²) in [4.78, 5) is 20.4. The summed E-state index contributed by atoms with van der Waals surface area (Å²) in [5.74, 6) is 1.86. The second-order valence-corrected chi connectivity index (χ2v) is 18.1. The summed E-state index contributed by atoms with van der Waals surface area (Å²) in [7, 11) is 0. The molecule has 0 saturated carbocycles. The van der Waals surface area contributed by atoms with E-state index >= 15 is 0 Å². The third kappa shape index (κ3) is 6.12. The number of thiophene rings is 1. The summed E-state index contributed by atoms with van der Waals surface area (Å²) in [5, 5.41) is 4.42. The Labute approximate surface area is 377 Å².